The Morgan fingerprint density at radius 3 is 2.79 bits per heavy atom. The molecule has 0 N–H and O–H groups in total. The molecule has 8 nitrogen and oxygen atoms in total. The molecule has 0 saturated carbocycles. The number of aryl methyl sites for hydroxylation is 1. The smallest absolute Gasteiger partial charge is 0.306 e. The Morgan fingerprint density at radius 1 is 1.13 bits per heavy atom. The van der Waals surface area contributed by atoms with E-state index in [0.717, 1.165) is 11.1 Å². The number of hydrogen-bond donors (Lipinski definition) is 0. The molecule has 1 aliphatic carbocycles. The minimum absolute atomic E-state index is 0.0803. The standard InChI is InChI=1S/C28H24F2N4O4/c1-34-28(31-32-33-34)27-19(4-3-5-21(27)29)18-8-10-22(30)26-20(18)9-11-23(26)38-16-6-7-17-15(12-25(35)36-2)14-37-24(17)13-16/h3-8,10,13,15,23H,9,11-12,14H2,1-2H3/t15-,23-/m1/s1. The molecular formula is C28H24F2N4O4. The van der Waals surface area contributed by atoms with Crippen molar-refractivity contribution in [2.45, 2.75) is 31.3 Å². The molecule has 0 amide bonds. The number of halogens is 2. The molecule has 2 heterocycles. The zero-order chi connectivity index (χ0) is 26.4. The number of carbonyl (C=O) groups excluding carboxylic acids is 1. The van der Waals surface area contributed by atoms with Crippen molar-refractivity contribution in [2.24, 2.45) is 7.05 Å². The number of nitrogens with zero attached hydrogens (tertiary/aromatic N) is 4. The lowest BCUT2D eigenvalue weighted by molar-refractivity contribution is -0.141. The van der Waals surface area contributed by atoms with E-state index >= 15 is 8.78 Å². The zero-order valence-corrected chi connectivity index (χ0v) is 20.8. The number of benzene rings is 3. The van der Waals surface area contributed by atoms with Crippen molar-refractivity contribution in [2.75, 3.05) is 13.7 Å². The predicted octanol–water partition coefficient (Wildman–Crippen LogP) is 4.93. The SMILES string of the molecule is COC(=O)C[C@@H]1COc2cc(O[C@@H]3CCc4c(-c5cccc(F)c5-c5nnnn5C)ccc(F)c43)ccc21. The first-order chi connectivity index (χ1) is 18.4. The topological polar surface area (TPSA) is 88.4 Å². The normalized spacial score (nSPS) is 17.6. The van der Waals surface area contributed by atoms with Crippen molar-refractivity contribution >= 4 is 5.97 Å². The maximum Gasteiger partial charge on any atom is 0.306 e. The number of methoxy groups -OCH3 is 1. The molecule has 4 aromatic rings. The van der Waals surface area contributed by atoms with Crippen LogP contribution in [0.5, 0.6) is 11.5 Å². The molecule has 0 bridgehead atoms. The van der Waals surface area contributed by atoms with Crippen molar-refractivity contribution in [1.29, 1.82) is 0 Å². The van der Waals surface area contributed by atoms with Crippen LogP contribution in [0.15, 0.2) is 48.5 Å². The fourth-order valence-corrected chi connectivity index (χ4v) is 5.41. The van der Waals surface area contributed by atoms with Gasteiger partial charge in [0.25, 0.3) is 0 Å². The van der Waals surface area contributed by atoms with Gasteiger partial charge in [0.05, 0.1) is 25.7 Å². The zero-order valence-electron chi connectivity index (χ0n) is 20.8. The van der Waals surface area contributed by atoms with E-state index in [1.54, 1.807) is 31.3 Å². The van der Waals surface area contributed by atoms with Gasteiger partial charge in [-0.15, -0.1) is 5.10 Å². The summed E-state index contributed by atoms with van der Waals surface area (Å²) in [6.45, 7) is 0.384. The predicted molar refractivity (Wildman–Crippen MR) is 133 cm³/mol. The number of esters is 1. The third-order valence-electron chi connectivity index (χ3n) is 7.21. The number of aromatic nitrogens is 4. The third-order valence-corrected chi connectivity index (χ3v) is 7.21. The number of hydrogen-bond acceptors (Lipinski definition) is 7. The quantitative estimate of drug-likeness (QED) is 0.335. The van der Waals surface area contributed by atoms with Crippen LogP contribution in [0.3, 0.4) is 0 Å². The number of carbonyl (C=O) groups is 1. The molecule has 6 rings (SSSR count). The van der Waals surface area contributed by atoms with E-state index < -0.39 is 11.9 Å². The average Bonchev–Trinajstić information content (AvgIpc) is 3.63. The van der Waals surface area contributed by atoms with Crippen molar-refractivity contribution in [1.82, 2.24) is 20.2 Å². The van der Waals surface area contributed by atoms with Gasteiger partial charge in [-0.3, -0.25) is 4.79 Å². The number of rotatable bonds is 6. The van der Waals surface area contributed by atoms with Crippen molar-refractivity contribution < 1.29 is 27.8 Å². The van der Waals surface area contributed by atoms with Gasteiger partial charge < -0.3 is 14.2 Å². The summed E-state index contributed by atoms with van der Waals surface area (Å²) in [6.07, 6.45) is 0.828. The summed E-state index contributed by atoms with van der Waals surface area (Å²) in [5.74, 6) is 0.256. The van der Waals surface area contributed by atoms with Crippen LogP contribution in [-0.2, 0) is 23.0 Å². The first-order valence-corrected chi connectivity index (χ1v) is 12.3. The molecule has 2 atom stereocenters. The van der Waals surface area contributed by atoms with Gasteiger partial charge in [0.1, 0.15) is 29.2 Å². The number of fused-ring (bicyclic) bond motifs is 2. The molecule has 2 aliphatic rings. The molecule has 0 unspecified atom stereocenters. The van der Waals surface area contributed by atoms with Gasteiger partial charge in [-0.2, -0.15) is 0 Å². The summed E-state index contributed by atoms with van der Waals surface area (Å²) >= 11 is 0. The van der Waals surface area contributed by atoms with Crippen LogP contribution in [0.4, 0.5) is 8.78 Å². The minimum atomic E-state index is -0.524. The van der Waals surface area contributed by atoms with Gasteiger partial charge in [0, 0.05) is 30.2 Å². The summed E-state index contributed by atoms with van der Waals surface area (Å²) < 4.78 is 48.5. The Kier molecular flexibility index (Phi) is 6.01. The highest BCUT2D eigenvalue weighted by molar-refractivity contribution is 5.83. The monoisotopic (exact) mass is 518 g/mol. The number of tetrazole rings is 1. The van der Waals surface area contributed by atoms with Crippen LogP contribution in [0, 0.1) is 11.6 Å². The van der Waals surface area contributed by atoms with Crippen LogP contribution in [0.1, 0.15) is 41.6 Å². The molecule has 1 aliphatic heterocycles. The van der Waals surface area contributed by atoms with Crippen LogP contribution in [-0.4, -0.2) is 39.9 Å². The van der Waals surface area contributed by atoms with Crippen LogP contribution in [0.2, 0.25) is 0 Å². The van der Waals surface area contributed by atoms with E-state index in [1.807, 2.05) is 12.1 Å². The second-order valence-corrected chi connectivity index (χ2v) is 9.41. The second kappa shape index (κ2) is 9.51. The highest BCUT2D eigenvalue weighted by atomic mass is 19.1. The summed E-state index contributed by atoms with van der Waals surface area (Å²) in [7, 11) is 3.00. The molecule has 194 valence electrons. The van der Waals surface area contributed by atoms with Gasteiger partial charge in [0.2, 0.25) is 0 Å². The fraction of sp³-hybridized carbons (Fsp3) is 0.286. The maximum absolute atomic E-state index is 15.2. The van der Waals surface area contributed by atoms with Crippen molar-refractivity contribution in [3.05, 3.63) is 76.9 Å². The Bertz CT molecular complexity index is 1550. The van der Waals surface area contributed by atoms with E-state index in [2.05, 4.69) is 15.5 Å². The molecule has 0 saturated heterocycles. The highest BCUT2D eigenvalue weighted by Gasteiger charge is 2.33. The van der Waals surface area contributed by atoms with E-state index in [9.17, 15) is 4.79 Å². The molecule has 0 radical (unpaired) electrons. The third kappa shape index (κ3) is 4.06. The first kappa shape index (κ1) is 24.0. The largest absolute Gasteiger partial charge is 0.492 e. The van der Waals surface area contributed by atoms with E-state index in [-0.39, 0.29) is 35.5 Å². The fourth-order valence-electron chi connectivity index (χ4n) is 5.41. The van der Waals surface area contributed by atoms with Crippen LogP contribution in [0.25, 0.3) is 22.5 Å². The molecule has 38 heavy (non-hydrogen) atoms. The molecule has 0 spiro atoms. The lowest BCUT2D eigenvalue weighted by atomic mass is 9.92. The summed E-state index contributed by atoms with van der Waals surface area (Å²) in [5.41, 5.74) is 3.71. The Morgan fingerprint density at radius 2 is 2.00 bits per heavy atom. The molecular weight excluding hydrogens is 494 g/mol. The Hall–Kier alpha value is -4.34. The van der Waals surface area contributed by atoms with Gasteiger partial charge in [-0.25, -0.2) is 13.5 Å². The number of ether oxygens (including phenoxy) is 3. The van der Waals surface area contributed by atoms with E-state index in [1.165, 1.54) is 23.9 Å². The van der Waals surface area contributed by atoms with Crippen molar-refractivity contribution in [3.63, 3.8) is 0 Å². The Balaban J connectivity index is 1.33. The summed E-state index contributed by atoms with van der Waals surface area (Å²) in [4.78, 5) is 11.7. The highest BCUT2D eigenvalue weighted by Crippen LogP contribution is 2.45. The van der Waals surface area contributed by atoms with Gasteiger partial charge in [-0.05, 0) is 58.2 Å². The van der Waals surface area contributed by atoms with Crippen molar-refractivity contribution in [3.8, 4) is 34.0 Å². The Labute approximate surface area is 217 Å². The molecule has 0 fully saturated rings. The first-order valence-electron chi connectivity index (χ1n) is 12.3. The summed E-state index contributed by atoms with van der Waals surface area (Å²) in [5, 5.41) is 11.5. The molecule has 10 heteroatoms. The second-order valence-electron chi connectivity index (χ2n) is 9.41. The van der Waals surface area contributed by atoms with Gasteiger partial charge in [0.15, 0.2) is 5.82 Å². The lowest BCUT2D eigenvalue weighted by Crippen LogP contribution is -2.09. The summed E-state index contributed by atoms with van der Waals surface area (Å²) in [6, 6.07) is 13.3. The van der Waals surface area contributed by atoms with Gasteiger partial charge >= 0.3 is 5.97 Å². The lowest BCUT2D eigenvalue weighted by Gasteiger charge is -2.18. The minimum Gasteiger partial charge on any atom is -0.492 e. The molecule has 1 aromatic heterocycles. The van der Waals surface area contributed by atoms with Crippen LogP contribution >= 0.6 is 0 Å². The van der Waals surface area contributed by atoms with Crippen LogP contribution < -0.4 is 9.47 Å². The maximum atomic E-state index is 15.2. The molecule has 3 aromatic carbocycles. The van der Waals surface area contributed by atoms with Gasteiger partial charge in [-0.1, -0.05) is 24.3 Å². The van der Waals surface area contributed by atoms with E-state index in [0.29, 0.717) is 47.6 Å². The van der Waals surface area contributed by atoms with E-state index in [4.69, 9.17) is 14.2 Å². The average molecular weight is 519 g/mol.